The standard InChI is InChI=1S/C18H13BrCl2N2O3/c1-25-16-5-11(4-12(8-22)18(23)24)14(19)7-17(16)26-9-10-2-3-13(20)6-15(10)21/h2-7H,9H2,1H3,(H2,23,24)/b12-4+. The fourth-order valence-electron chi connectivity index (χ4n) is 2.04. The summed E-state index contributed by atoms with van der Waals surface area (Å²) < 4.78 is 11.7. The van der Waals surface area contributed by atoms with Gasteiger partial charge in [0.05, 0.1) is 7.11 Å². The predicted molar refractivity (Wildman–Crippen MR) is 104 cm³/mol. The van der Waals surface area contributed by atoms with Crippen molar-refractivity contribution < 1.29 is 14.3 Å². The third-order valence-electron chi connectivity index (χ3n) is 3.37. The number of nitrogens with zero attached hydrogens (tertiary/aromatic N) is 1. The average Bonchev–Trinajstić information content (AvgIpc) is 2.59. The molecule has 0 unspecified atom stereocenters. The van der Waals surface area contributed by atoms with Crippen LogP contribution in [-0.4, -0.2) is 13.0 Å². The molecule has 0 saturated carbocycles. The molecule has 5 nitrogen and oxygen atoms in total. The van der Waals surface area contributed by atoms with Crippen LogP contribution in [0.25, 0.3) is 6.08 Å². The van der Waals surface area contributed by atoms with Gasteiger partial charge in [-0.05, 0) is 35.9 Å². The lowest BCUT2D eigenvalue weighted by atomic mass is 10.1. The summed E-state index contributed by atoms with van der Waals surface area (Å²) >= 11 is 15.4. The van der Waals surface area contributed by atoms with Crippen molar-refractivity contribution in [3.63, 3.8) is 0 Å². The van der Waals surface area contributed by atoms with Gasteiger partial charge in [0.1, 0.15) is 18.2 Å². The van der Waals surface area contributed by atoms with E-state index in [1.54, 1.807) is 36.4 Å². The number of hydrogen-bond donors (Lipinski definition) is 1. The third kappa shape index (κ3) is 4.92. The van der Waals surface area contributed by atoms with Gasteiger partial charge < -0.3 is 15.2 Å². The third-order valence-corrected chi connectivity index (χ3v) is 4.64. The molecule has 0 radical (unpaired) electrons. The Labute approximate surface area is 169 Å². The van der Waals surface area contributed by atoms with E-state index >= 15 is 0 Å². The van der Waals surface area contributed by atoms with Crippen LogP contribution in [0.15, 0.2) is 40.4 Å². The van der Waals surface area contributed by atoms with Crippen molar-refractivity contribution >= 4 is 51.1 Å². The van der Waals surface area contributed by atoms with Crippen LogP contribution < -0.4 is 15.2 Å². The quantitative estimate of drug-likeness (QED) is 0.503. The van der Waals surface area contributed by atoms with Gasteiger partial charge in [0.25, 0.3) is 5.91 Å². The van der Waals surface area contributed by atoms with Gasteiger partial charge >= 0.3 is 0 Å². The fraction of sp³-hybridized carbons (Fsp3) is 0.111. The first kappa shape index (κ1) is 20.1. The average molecular weight is 456 g/mol. The molecule has 1 amide bonds. The number of ether oxygens (including phenoxy) is 2. The first-order chi connectivity index (χ1) is 12.3. The van der Waals surface area contributed by atoms with Crippen LogP contribution in [0.4, 0.5) is 0 Å². The van der Waals surface area contributed by atoms with Crippen LogP contribution in [0.3, 0.4) is 0 Å². The Balaban J connectivity index is 2.31. The Morgan fingerprint density at radius 3 is 2.62 bits per heavy atom. The molecule has 0 fully saturated rings. The van der Waals surface area contributed by atoms with E-state index < -0.39 is 5.91 Å². The number of amides is 1. The SMILES string of the molecule is COc1cc(/C=C(\C#N)C(N)=O)c(Br)cc1OCc1ccc(Cl)cc1Cl. The molecule has 0 aliphatic rings. The second kappa shape index (κ2) is 8.95. The summed E-state index contributed by atoms with van der Waals surface area (Å²) in [6, 6.07) is 10.2. The van der Waals surface area contributed by atoms with Crippen LogP contribution in [0.2, 0.25) is 10.0 Å². The van der Waals surface area contributed by atoms with Crippen LogP contribution in [0.1, 0.15) is 11.1 Å². The van der Waals surface area contributed by atoms with E-state index in [4.69, 9.17) is 43.7 Å². The van der Waals surface area contributed by atoms with E-state index in [1.807, 2.05) is 0 Å². The summed E-state index contributed by atoms with van der Waals surface area (Å²) in [4.78, 5) is 11.2. The first-order valence-corrected chi connectivity index (χ1v) is 8.76. The van der Waals surface area contributed by atoms with Gasteiger partial charge in [0.15, 0.2) is 11.5 Å². The Hall–Kier alpha value is -2.20. The number of benzene rings is 2. The molecular weight excluding hydrogens is 443 g/mol. The number of carbonyl (C=O) groups is 1. The first-order valence-electron chi connectivity index (χ1n) is 7.21. The van der Waals surface area contributed by atoms with E-state index in [2.05, 4.69) is 15.9 Å². The van der Waals surface area contributed by atoms with E-state index in [9.17, 15) is 4.79 Å². The molecule has 2 aromatic rings. The molecule has 0 bridgehead atoms. The normalized spacial score (nSPS) is 11.0. The van der Waals surface area contributed by atoms with Crippen molar-refractivity contribution in [1.29, 1.82) is 5.26 Å². The fourth-order valence-corrected chi connectivity index (χ4v) is 2.94. The van der Waals surface area contributed by atoms with E-state index in [0.717, 1.165) is 5.56 Å². The van der Waals surface area contributed by atoms with Gasteiger partial charge in [-0.25, -0.2) is 0 Å². The molecule has 0 aromatic heterocycles. The second-order valence-corrected chi connectivity index (χ2v) is 6.78. The smallest absolute Gasteiger partial charge is 0.259 e. The highest BCUT2D eigenvalue weighted by atomic mass is 79.9. The lowest BCUT2D eigenvalue weighted by Gasteiger charge is -2.13. The molecular formula is C18H13BrCl2N2O3. The van der Waals surface area contributed by atoms with E-state index in [-0.39, 0.29) is 12.2 Å². The van der Waals surface area contributed by atoms with E-state index in [0.29, 0.717) is 31.6 Å². The molecule has 0 saturated heterocycles. The molecule has 8 heteroatoms. The lowest BCUT2D eigenvalue weighted by molar-refractivity contribution is -0.114. The minimum absolute atomic E-state index is 0.172. The topological polar surface area (TPSA) is 85.3 Å². The van der Waals surface area contributed by atoms with Crippen molar-refractivity contribution in [3.05, 3.63) is 61.5 Å². The summed E-state index contributed by atoms with van der Waals surface area (Å²) in [6.45, 7) is 0.207. The van der Waals surface area contributed by atoms with Gasteiger partial charge in [-0.2, -0.15) is 5.26 Å². The zero-order chi connectivity index (χ0) is 19.3. The van der Waals surface area contributed by atoms with Crippen molar-refractivity contribution in [1.82, 2.24) is 0 Å². The number of nitriles is 1. The monoisotopic (exact) mass is 454 g/mol. The molecule has 2 N–H and O–H groups in total. The van der Waals surface area contributed by atoms with Crippen molar-refractivity contribution in [2.24, 2.45) is 5.73 Å². The van der Waals surface area contributed by atoms with Crippen molar-refractivity contribution in [2.45, 2.75) is 6.61 Å². The summed E-state index contributed by atoms with van der Waals surface area (Å²) in [5.74, 6) is 0.0718. The molecule has 0 atom stereocenters. The number of halogens is 3. The van der Waals surface area contributed by atoms with E-state index in [1.165, 1.54) is 13.2 Å². The number of methoxy groups -OCH3 is 1. The van der Waals surface area contributed by atoms with Gasteiger partial charge in [0.2, 0.25) is 0 Å². The number of primary amides is 1. The molecule has 0 aliphatic heterocycles. The van der Waals surface area contributed by atoms with Crippen LogP contribution in [-0.2, 0) is 11.4 Å². The Kier molecular flexibility index (Phi) is 6.92. The van der Waals surface area contributed by atoms with Crippen LogP contribution in [0, 0.1) is 11.3 Å². The zero-order valence-corrected chi connectivity index (χ0v) is 16.7. The summed E-state index contributed by atoms with van der Waals surface area (Å²) in [5, 5.41) is 10.0. The highest BCUT2D eigenvalue weighted by Crippen LogP contribution is 2.35. The number of nitrogens with two attached hydrogens (primary N) is 1. The minimum Gasteiger partial charge on any atom is -0.493 e. The lowest BCUT2D eigenvalue weighted by Crippen LogP contribution is -2.12. The maximum Gasteiger partial charge on any atom is 0.259 e. The number of carbonyl (C=O) groups excluding carboxylic acids is 1. The van der Waals surface area contributed by atoms with Crippen LogP contribution >= 0.6 is 39.1 Å². The highest BCUT2D eigenvalue weighted by molar-refractivity contribution is 9.10. The highest BCUT2D eigenvalue weighted by Gasteiger charge is 2.12. The Bertz CT molecular complexity index is 923. The summed E-state index contributed by atoms with van der Waals surface area (Å²) in [6.07, 6.45) is 1.37. The minimum atomic E-state index is -0.809. The zero-order valence-electron chi connectivity index (χ0n) is 13.6. The molecule has 0 spiro atoms. The number of hydrogen-bond acceptors (Lipinski definition) is 4. The molecule has 134 valence electrons. The van der Waals surface area contributed by atoms with Crippen molar-refractivity contribution in [2.75, 3.05) is 7.11 Å². The number of rotatable bonds is 6. The van der Waals surface area contributed by atoms with Gasteiger partial charge in [-0.1, -0.05) is 45.2 Å². The predicted octanol–water partition coefficient (Wildman–Crippen LogP) is 4.74. The second-order valence-electron chi connectivity index (χ2n) is 5.08. The molecule has 2 rings (SSSR count). The Morgan fingerprint density at radius 1 is 1.31 bits per heavy atom. The van der Waals surface area contributed by atoms with Gasteiger partial charge in [0, 0.05) is 20.1 Å². The van der Waals surface area contributed by atoms with Gasteiger partial charge in [-0.3, -0.25) is 4.79 Å². The van der Waals surface area contributed by atoms with Crippen molar-refractivity contribution in [3.8, 4) is 17.6 Å². The van der Waals surface area contributed by atoms with Crippen LogP contribution in [0.5, 0.6) is 11.5 Å². The summed E-state index contributed by atoms with van der Waals surface area (Å²) in [7, 11) is 1.48. The molecule has 26 heavy (non-hydrogen) atoms. The maximum atomic E-state index is 11.2. The largest absolute Gasteiger partial charge is 0.493 e. The maximum absolute atomic E-state index is 11.2. The Morgan fingerprint density at radius 2 is 2.04 bits per heavy atom. The molecule has 0 heterocycles. The molecule has 2 aromatic carbocycles. The van der Waals surface area contributed by atoms with Gasteiger partial charge in [-0.15, -0.1) is 0 Å². The molecule has 0 aliphatic carbocycles. The summed E-state index contributed by atoms with van der Waals surface area (Å²) in [5.41, 5.74) is 6.30.